The lowest BCUT2D eigenvalue weighted by Crippen LogP contribution is -2.60. The maximum absolute atomic E-state index is 12.9. The van der Waals surface area contributed by atoms with Crippen molar-refractivity contribution < 1.29 is 56.8 Å². The fourth-order valence-electron chi connectivity index (χ4n) is 9.09. The van der Waals surface area contributed by atoms with Crippen LogP contribution < -0.4 is 0 Å². The third-order valence-electron chi connectivity index (χ3n) is 13.4. The summed E-state index contributed by atoms with van der Waals surface area (Å²) in [6.07, 6.45) is 40.0. The summed E-state index contributed by atoms with van der Waals surface area (Å²) < 4.78 is 54.4. The minimum Gasteiger partial charge on any atom is -0.462 e. The van der Waals surface area contributed by atoms with Crippen molar-refractivity contribution in [1.29, 1.82) is 0 Å². The van der Waals surface area contributed by atoms with Crippen molar-refractivity contribution in [1.82, 2.24) is 0 Å². The molecule has 0 bridgehead atoms. The van der Waals surface area contributed by atoms with E-state index in [1.165, 1.54) is 199 Å². The minimum atomic E-state index is -4.60. The number of unbranched alkanes of at least 4 members (excludes halogenated alkanes) is 37. The van der Waals surface area contributed by atoms with Crippen molar-refractivity contribution in [3.8, 4) is 0 Å². The lowest BCUT2D eigenvalue weighted by Gasteiger charge is -2.40. The van der Waals surface area contributed by atoms with Gasteiger partial charge in [-0.3, -0.25) is 14.1 Å². The average molecular weight is 977 g/mol. The molecule has 6 atom stereocenters. The van der Waals surface area contributed by atoms with Gasteiger partial charge < -0.3 is 34.3 Å². The molecule has 67 heavy (non-hydrogen) atoms. The number of carbonyl (C=O) groups excluding carboxylic acids is 2. The van der Waals surface area contributed by atoms with E-state index in [0.717, 1.165) is 38.5 Å². The van der Waals surface area contributed by atoms with E-state index in [0.29, 0.717) is 12.8 Å². The van der Waals surface area contributed by atoms with Crippen LogP contribution in [0, 0.1) is 0 Å². The maximum Gasteiger partial charge on any atom is 0.306 e. The van der Waals surface area contributed by atoms with E-state index in [-0.39, 0.29) is 19.4 Å². The van der Waals surface area contributed by atoms with Crippen LogP contribution in [0.1, 0.15) is 277 Å². The highest BCUT2D eigenvalue weighted by Gasteiger charge is 2.46. The number of carbonyl (C=O) groups is 2. The van der Waals surface area contributed by atoms with E-state index >= 15 is 0 Å². The normalized spacial score (nSPS) is 19.2. The van der Waals surface area contributed by atoms with Gasteiger partial charge in [-0.25, -0.2) is 0 Å². The lowest BCUT2D eigenvalue weighted by molar-refractivity contribution is -0.297. The number of hydrogen-bond acceptors (Lipinski definition) is 11. The minimum absolute atomic E-state index is 0.173. The summed E-state index contributed by atoms with van der Waals surface area (Å²) in [5.41, 5.74) is 0. The van der Waals surface area contributed by atoms with Crippen LogP contribution in [0.3, 0.4) is 0 Å². The molecule has 0 amide bonds. The zero-order valence-electron chi connectivity index (χ0n) is 43.0. The Hall–Kier alpha value is -1.35. The van der Waals surface area contributed by atoms with Crippen LogP contribution in [0.5, 0.6) is 0 Å². The molecule has 0 spiro atoms. The number of aliphatic hydroxyl groups excluding tert-OH is 3. The SMILES string of the molecule is CCCCCCCCCCCCCCCCCCCCCCC(=O)OC[C@H](CO[C@H]1O[C@H](CS(=O)(=O)O)[C@@H](O)C(O)C1O)OC(=O)CCCCCCCCCCCCCCCCCCCCC. The summed E-state index contributed by atoms with van der Waals surface area (Å²) in [5.74, 6) is -1.95. The molecule has 0 aliphatic carbocycles. The van der Waals surface area contributed by atoms with Crippen LogP contribution in [0.25, 0.3) is 0 Å². The summed E-state index contributed by atoms with van der Waals surface area (Å²) in [6, 6.07) is 0. The van der Waals surface area contributed by atoms with Gasteiger partial charge in [0.2, 0.25) is 0 Å². The first-order valence-electron chi connectivity index (χ1n) is 28.1. The third kappa shape index (κ3) is 39.0. The van der Waals surface area contributed by atoms with Crippen LogP contribution in [0.15, 0.2) is 0 Å². The molecule has 4 N–H and O–H groups in total. The summed E-state index contributed by atoms with van der Waals surface area (Å²) in [6.45, 7) is 3.83. The summed E-state index contributed by atoms with van der Waals surface area (Å²) in [5, 5.41) is 31.0. The first-order valence-corrected chi connectivity index (χ1v) is 29.7. The van der Waals surface area contributed by atoms with E-state index in [9.17, 15) is 37.9 Å². The molecule has 0 aromatic carbocycles. The lowest BCUT2D eigenvalue weighted by atomic mass is 10.00. The van der Waals surface area contributed by atoms with Gasteiger partial charge in [-0.2, -0.15) is 8.42 Å². The van der Waals surface area contributed by atoms with Gasteiger partial charge in [0.25, 0.3) is 10.1 Å². The Morgan fingerprint density at radius 1 is 0.448 bits per heavy atom. The largest absolute Gasteiger partial charge is 0.462 e. The Morgan fingerprint density at radius 2 is 0.761 bits per heavy atom. The van der Waals surface area contributed by atoms with Gasteiger partial charge in [0.1, 0.15) is 36.8 Å². The quantitative estimate of drug-likeness (QED) is 0.0257. The van der Waals surface area contributed by atoms with Crippen molar-refractivity contribution in [3.63, 3.8) is 0 Å². The second-order valence-electron chi connectivity index (χ2n) is 20.0. The molecule has 1 rings (SSSR count). The number of aliphatic hydroxyl groups is 3. The molecule has 1 heterocycles. The highest BCUT2D eigenvalue weighted by atomic mass is 32.2. The summed E-state index contributed by atoms with van der Waals surface area (Å²) in [7, 11) is -4.60. The monoisotopic (exact) mass is 977 g/mol. The van der Waals surface area contributed by atoms with E-state index < -0.39 is 71.2 Å². The van der Waals surface area contributed by atoms with Crippen molar-refractivity contribution in [2.45, 2.75) is 314 Å². The molecule has 2 unspecified atom stereocenters. The first-order chi connectivity index (χ1) is 32.5. The molecule has 398 valence electrons. The highest BCUT2D eigenvalue weighted by molar-refractivity contribution is 7.85. The second-order valence-corrected chi connectivity index (χ2v) is 21.5. The van der Waals surface area contributed by atoms with Crippen LogP contribution in [-0.4, -0.2) is 96.0 Å². The second kappa shape index (κ2) is 44.6. The zero-order chi connectivity index (χ0) is 49.1. The van der Waals surface area contributed by atoms with Crippen LogP contribution in [0.4, 0.5) is 0 Å². The van der Waals surface area contributed by atoms with E-state index in [2.05, 4.69) is 13.8 Å². The van der Waals surface area contributed by atoms with Gasteiger partial charge in [-0.15, -0.1) is 0 Å². The number of hydrogen-bond donors (Lipinski definition) is 4. The standard InChI is InChI=1S/C54H104O12S/c1-3-5-7-9-11-13-15-17-19-21-23-25-26-28-30-32-34-36-38-40-42-49(55)63-44-47(45-64-54-53(59)52(58)51(57)48(66-54)46-67(60,61)62)65-50(56)43-41-39-37-35-33-31-29-27-24-22-20-18-16-14-12-10-8-6-4-2/h47-48,51-54,57-59H,3-46H2,1-2H3,(H,60,61,62)/t47-,48-,51-,52?,53?,54+/m1/s1. The van der Waals surface area contributed by atoms with Gasteiger partial charge in [-0.1, -0.05) is 251 Å². The third-order valence-corrected chi connectivity index (χ3v) is 14.2. The van der Waals surface area contributed by atoms with Crippen LogP contribution in [0.2, 0.25) is 0 Å². The fraction of sp³-hybridized carbons (Fsp3) is 0.963. The predicted octanol–water partition coefficient (Wildman–Crippen LogP) is 13.2. The fourth-order valence-corrected chi connectivity index (χ4v) is 9.78. The molecular formula is C54H104O12S. The number of rotatable bonds is 49. The Bertz CT molecular complexity index is 1230. The van der Waals surface area contributed by atoms with E-state index in [1.54, 1.807) is 0 Å². The molecule has 1 saturated heterocycles. The van der Waals surface area contributed by atoms with Crippen molar-refractivity contribution in [3.05, 3.63) is 0 Å². The Balaban J connectivity index is 2.31. The zero-order valence-corrected chi connectivity index (χ0v) is 43.9. The Kier molecular flexibility index (Phi) is 42.4. The van der Waals surface area contributed by atoms with Gasteiger partial charge in [-0.05, 0) is 12.8 Å². The molecule has 1 aliphatic rings. The number of ether oxygens (including phenoxy) is 4. The molecular weight excluding hydrogens is 873 g/mol. The molecule has 1 aliphatic heterocycles. The van der Waals surface area contributed by atoms with E-state index in [4.69, 9.17) is 18.9 Å². The summed E-state index contributed by atoms with van der Waals surface area (Å²) >= 11 is 0. The molecule has 0 saturated carbocycles. The summed E-state index contributed by atoms with van der Waals surface area (Å²) in [4.78, 5) is 25.6. The molecule has 0 aromatic heterocycles. The highest BCUT2D eigenvalue weighted by Crippen LogP contribution is 2.24. The maximum atomic E-state index is 12.9. The van der Waals surface area contributed by atoms with Gasteiger partial charge in [0.05, 0.1) is 6.61 Å². The van der Waals surface area contributed by atoms with E-state index in [1.807, 2.05) is 0 Å². The van der Waals surface area contributed by atoms with Crippen molar-refractivity contribution >= 4 is 22.1 Å². The van der Waals surface area contributed by atoms with Gasteiger partial charge in [0.15, 0.2) is 12.4 Å². The smallest absolute Gasteiger partial charge is 0.306 e. The van der Waals surface area contributed by atoms with Crippen LogP contribution >= 0.6 is 0 Å². The molecule has 0 radical (unpaired) electrons. The molecule has 0 aromatic rings. The molecule has 1 fully saturated rings. The molecule has 13 heteroatoms. The van der Waals surface area contributed by atoms with Gasteiger partial charge >= 0.3 is 11.9 Å². The first kappa shape index (κ1) is 63.7. The van der Waals surface area contributed by atoms with Crippen LogP contribution in [-0.2, 0) is 38.7 Å². The van der Waals surface area contributed by atoms with Crippen molar-refractivity contribution in [2.24, 2.45) is 0 Å². The Morgan fingerprint density at radius 3 is 1.09 bits per heavy atom. The van der Waals surface area contributed by atoms with Crippen molar-refractivity contribution in [2.75, 3.05) is 19.0 Å². The topological polar surface area (TPSA) is 186 Å². The molecule has 12 nitrogen and oxygen atoms in total. The number of esters is 2. The predicted molar refractivity (Wildman–Crippen MR) is 271 cm³/mol. The average Bonchev–Trinajstić information content (AvgIpc) is 3.30. The Labute approximate surface area is 410 Å². The van der Waals surface area contributed by atoms with Gasteiger partial charge in [0, 0.05) is 12.8 Å².